The lowest BCUT2D eigenvalue weighted by Gasteiger charge is -2.14. The molecule has 0 aliphatic rings. The molecule has 0 aliphatic heterocycles. The third kappa shape index (κ3) is 1.72. The van der Waals surface area contributed by atoms with Gasteiger partial charge in [0, 0.05) is 4.88 Å². The summed E-state index contributed by atoms with van der Waals surface area (Å²) >= 11 is 1.38. The lowest BCUT2D eigenvalue weighted by Crippen LogP contribution is -2.07. The van der Waals surface area contributed by atoms with E-state index in [1.54, 1.807) is 7.11 Å². The van der Waals surface area contributed by atoms with Crippen molar-refractivity contribution in [2.45, 2.75) is 26.2 Å². The molecule has 1 aromatic heterocycles. The van der Waals surface area contributed by atoms with Gasteiger partial charge in [-0.15, -0.1) is 0 Å². The minimum atomic E-state index is 0.0823. The van der Waals surface area contributed by atoms with Crippen molar-refractivity contribution in [3.63, 3.8) is 0 Å². The second kappa shape index (κ2) is 2.98. The molecule has 0 radical (unpaired) electrons. The third-order valence-corrected chi connectivity index (χ3v) is 2.98. The van der Waals surface area contributed by atoms with Crippen molar-refractivity contribution in [2.75, 3.05) is 7.11 Å². The van der Waals surface area contributed by atoms with E-state index in [0.717, 1.165) is 4.88 Å². The fourth-order valence-electron chi connectivity index (χ4n) is 0.881. The van der Waals surface area contributed by atoms with Crippen LogP contribution in [0.15, 0.2) is 6.07 Å². The zero-order chi connectivity index (χ0) is 9.35. The highest BCUT2D eigenvalue weighted by Crippen LogP contribution is 2.41. The van der Waals surface area contributed by atoms with E-state index in [2.05, 4.69) is 20.8 Å². The van der Waals surface area contributed by atoms with Crippen LogP contribution in [0.25, 0.3) is 0 Å². The van der Waals surface area contributed by atoms with Crippen LogP contribution in [0.3, 0.4) is 0 Å². The minimum Gasteiger partial charge on any atom is -0.497 e. The molecular weight excluding hydrogens is 172 g/mol. The zero-order valence-electron chi connectivity index (χ0n) is 7.84. The first-order valence-electron chi connectivity index (χ1n) is 3.82. The number of methoxy groups -OCH3 is 1. The second-order valence-electron chi connectivity index (χ2n) is 3.73. The summed E-state index contributed by atoms with van der Waals surface area (Å²) in [5, 5.41) is 9.65. The molecule has 1 rings (SSSR count). The number of rotatable bonds is 1. The molecule has 0 aromatic carbocycles. The zero-order valence-corrected chi connectivity index (χ0v) is 8.66. The van der Waals surface area contributed by atoms with Gasteiger partial charge in [0.25, 0.3) is 0 Å². The van der Waals surface area contributed by atoms with Crippen molar-refractivity contribution in [2.24, 2.45) is 0 Å². The van der Waals surface area contributed by atoms with Crippen LogP contribution in [0.4, 0.5) is 0 Å². The average molecular weight is 186 g/mol. The SMILES string of the molecule is COc1cc(C(C)(C)C)sc1O. The molecule has 3 heteroatoms. The van der Waals surface area contributed by atoms with Crippen molar-refractivity contribution >= 4 is 11.3 Å². The fourth-order valence-corrected chi connectivity index (χ4v) is 1.80. The molecule has 0 unspecified atom stereocenters. The van der Waals surface area contributed by atoms with Crippen LogP contribution in [0, 0.1) is 0 Å². The summed E-state index contributed by atoms with van der Waals surface area (Å²) in [7, 11) is 1.56. The van der Waals surface area contributed by atoms with E-state index in [1.807, 2.05) is 6.07 Å². The molecular formula is C9H14O2S. The van der Waals surface area contributed by atoms with Gasteiger partial charge in [-0.25, -0.2) is 0 Å². The average Bonchev–Trinajstić information content (AvgIpc) is 2.29. The molecule has 0 atom stereocenters. The van der Waals surface area contributed by atoms with E-state index in [4.69, 9.17) is 4.74 Å². The standard InChI is InChI=1S/C9H14O2S/c1-9(2,3)7-5-6(11-4)8(10)12-7/h5,10H,1-4H3. The second-order valence-corrected chi connectivity index (χ2v) is 4.76. The van der Waals surface area contributed by atoms with Gasteiger partial charge >= 0.3 is 0 Å². The molecule has 12 heavy (non-hydrogen) atoms. The van der Waals surface area contributed by atoms with E-state index in [-0.39, 0.29) is 10.5 Å². The van der Waals surface area contributed by atoms with Crippen LogP contribution >= 0.6 is 11.3 Å². The van der Waals surface area contributed by atoms with Crippen molar-refractivity contribution in [3.05, 3.63) is 10.9 Å². The molecule has 0 saturated heterocycles. The molecule has 0 aliphatic carbocycles. The summed E-state index contributed by atoms with van der Waals surface area (Å²) < 4.78 is 4.98. The largest absolute Gasteiger partial charge is 0.497 e. The summed E-state index contributed by atoms with van der Waals surface area (Å²) in [6.45, 7) is 6.33. The van der Waals surface area contributed by atoms with Crippen molar-refractivity contribution in [1.82, 2.24) is 0 Å². The summed E-state index contributed by atoms with van der Waals surface area (Å²) in [5.41, 5.74) is 0.0823. The summed E-state index contributed by atoms with van der Waals surface area (Å²) in [5.74, 6) is 0.574. The monoisotopic (exact) mass is 186 g/mol. The smallest absolute Gasteiger partial charge is 0.214 e. The minimum absolute atomic E-state index is 0.0823. The Balaban J connectivity index is 3.05. The molecule has 2 nitrogen and oxygen atoms in total. The van der Waals surface area contributed by atoms with Crippen LogP contribution in [0.2, 0.25) is 0 Å². The molecule has 0 fully saturated rings. The first-order valence-corrected chi connectivity index (χ1v) is 4.64. The number of hydrogen-bond acceptors (Lipinski definition) is 3. The Hall–Kier alpha value is -0.700. The van der Waals surface area contributed by atoms with Crippen molar-refractivity contribution in [1.29, 1.82) is 0 Å². The van der Waals surface area contributed by atoms with Gasteiger partial charge in [-0.2, -0.15) is 0 Å². The Bertz CT molecular complexity index is 271. The molecule has 1 heterocycles. The quantitative estimate of drug-likeness (QED) is 0.730. The number of hydrogen-bond donors (Lipinski definition) is 1. The van der Waals surface area contributed by atoms with E-state index >= 15 is 0 Å². The predicted octanol–water partition coefficient (Wildman–Crippen LogP) is 2.76. The van der Waals surface area contributed by atoms with Gasteiger partial charge in [0.2, 0.25) is 5.06 Å². The van der Waals surface area contributed by atoms with Gasteiger partial charge < -0.3 is 9.84 Å². The van der Waals surface area contributed by atoms with Crippen LogP contribution < -0.4 is 4.74 Å². The van der Waals surface area contributed by atoms with Gasteiger partial charge in [0.05, 0.1) is 7.11 Å². The lowest BCUT2D eigenvalue weighted by molar-refractivity contribution is 0.381. The number of thiophene rings is 1. The maximum Gasteiger partial charge on any atom is 0.214 e. The van der Waals surface area contributed by atoms with Crippen molar-refractivity contribution in [3.8, 4) is 10.8 Å². The summed E-state index contributed by atoms with van der Waals surface area (Å²) in [6, 6.07) is 1.89. The van der Waals surface area contributed by atoms with Gasteiger partial charge in [-0.1, -0.05) is 32.1 Å². The first kappa shape index (κ1) is 9.39. The lowest BCUT2D eigenvalue weighted by atomic mass is 9.95. The summed E-state index contributed by atoms with van der Waals surface area (Å²) in [4.78, 5) is 1.14. The van der Waals surface area contributed by atoms with E-state index < -0.39 is 0 Å². The van der Waals surface area contributed by atoms with E-state index in [9.17, 15) is 5.11 Å². The molecule has 0 saturated carbocycles. The Morgan fingerprint density at radius 3 is 2.25 bits per heavy atom. The third-order valence-electron chi connectivity index (χ3n) is 1.64. The predicted molar refractivity (Wildman–Crippen MR) is 51.2 cm³/mol. The maximum atomic E-state index is 9.39. The molecule has 1 aromatic rings. The van der Waals surface area contributed by atoms with Gasteiger partial charge in [0.1, 0.15) is 0 Å². The first-order chi connectivity index (χ1) is 5.45. The molecule has 1 N–H and O–H groups in total. The molecule has 68 valence electrons. The van der Waals surface area contributed by atoms with Crippen LogP contribution in [0.5, 0.6) is 10.8 Å². The Morgan fingerprint density at radius 1 is 1.42 bits per heavy atom. The van der Waals surface area contributed by atoms with Gasteiger partial charge in [-0.05, 0) is 11.5 Å². The van der Waals surface area contributed by atoms with Gasteiger partial charge in [-0.3, -0.25) is 0 Å². The molecule has 0 spiro atoms. The fraction of sp³-hybridized carbons (Fsp3) is 0.556. The van der Waals surface area contributed by atoms with Crippen LogP contribution in [0.1, 0.15) is 25.6 Å². The Kier molecular flexibility index (Phi) is 2.33. The van der Waals surface area contributed by atoms with Gasteiger partial charge in [0.15, 0.2) is 5.75 Å². The molecule has 0 bridgehead atoms. The topological polar surface area (TPSA) is 29.5 Å². The summed E-state index contributed by atoms with van der Waals surface area (Å²) in [6.07, 6.45) is 0. The normalized spacial score (nSPS) is 11.7. The van der Waals surface area contributed by atoms with Crippen molar-refractivity contribution < 1.29 is 9.84 Å². The highest BCUT2D eigenvalue weighted by atomic mass is 32.1. The Morgan fingerprint density at radius 2 is 2.00 bits per heavy atom. The number of aromatic hydroxyl groups is 1. The molecule has 0 amide bonds. The van der Waals surface area contributed by atoms with Crippen LogP contribution in [-0.2, 0) is 5.41 Å². The van der Waals surface area contributed by atoms with Crippen LogP contribution in [-0.4, -0.2) is 12.2 Å². The Labute approximate surface area is 76.8 Å². The maximum absolute atomic E-state index is 9.39. The highest BCUT2D eigenvalue weighted by Gasteiger charge is 2.19. The van der Waals surface area contributed by atoms with E-state index in [1.165, 1.54) is 11.3 Å². The van der Waals surface area contributed by atoms with E-state index in [0.29, 0.717) is 5.75 Å². The highest BCUT2D eigenvalue weighted by molar-refractivity contribution is 7.14. The number of ether oxygens (including phenoxy) is 1.